The molecule has 7 nitrogen and oxygen atoms in total. The van der Waals surface area contributed by atoms with Crippen molar-refractivity contribution in [3.63, 3.8) is 0 Å². The van der Waals surface area contributed by atoms with Gasteiger partial charge in [0, 0.05) is 68.1 Å². The van der Waals surface area contributed by atoms with E-state index < -0.39 is 10.0 Å². The van der Waals surface area contributed by atoms with Crippen LogP contribution in [0.1, 0.15) is 12.0 Å². The number of hydrogen-bond acceptors (Lipinski definition) is 6. The van der Waals surface area contributed by atoms with E-state index >= 15 is 0 Å². The summed E-state index contributed by atoms with van der Waals surface area (Å²) in [5.41, 5.74) is 2.21. The highest BCUT2D eigenvalue weighted by atomic mass is 32.2. The molecule has 38 heavy (non-hydrogen) atoms. The Bertz CT molecular complexity index is 1460. The number of phenols is 1. The van der Waals surface area contributed by atoms with Gasteiger partial charge in [-0.1, -0.05) is 42.5 Å². The molecule has 1 fully saturated rings. The van der Waals surface area contributed by atoms with Crippen LogP contribution in [0.25, 0.3) is 10.8 Å². The Morgan fingerprint density at radius 2 is 1.71 bits per heavy atom. The van der Waals surface area contributed by atoms with Gasteiger partial charge >= 0.3 is 0 Å². The predicted octanol–water partition coefficient (Wildman–Crippen LogP) is 4.38. The number of pyridine rings is 1. The zero-order valence-corrected chi connectivity index (χ0v) is 22.5. The summed E-state index contributed by atoms with van der Waals surface area (Å²) in [6, 6.07) is 24.3. The third kappa shape index (κ3) is 5.83. The van der Waals surface area contributed by atoms with Gasteiger partial charge in [-0.2, -0.15) is 4.31 Å². The highest BCUT2D eigenvalue weighted by molar-refractivity contribution is 7.89. The lowest BCUT2D eigenvalue weighted by Crippen LogP contribution is -2.47. The van der Waals surface area contributed by atoms with Crippen molar-refractivity contribution in [1.29, 1.82) is 0 Å². The summed E-state index contributed by atoms with van der Waals surface area (Å²) < 4.78 is 29.6. The molecule has 0 spiro atoms. The van der Waals surface area contributed by atoms with E-state index in [0.717, 1.165) is 43.5 Å². The molecule has 5 rings (SSSR count). The monoisotopic (exact) mass is 530 g/mol. The second-order valence-electron chi connectivity index (χ2n) is 9.88. The number of aromatic hydroxyl groups is 1. The summed E-state index contributed by atoms with van der Waals surface area (Å²) in [7, 11) is -2.10. The predicted molar refractivity (Wildman–Crippen MR) is 152 cm³/mol. The molecular weight excluding hydrogens is 496 g/mol. The van der Waals surface area contributed by atoms with Gasteiger partial charge < -0.3 is 10.0 Å². The molecule has 1 saturated heterocycles. The van der Waals surface area contributed by atoms with Crippen LogP contribution < -0.4 is 4.90 Å². The van der Waals surface area contributed by atoms with Crippen LogP contribution in [0.4, 0.5) is 5.69 Å². The van der Waals surface area contributed by atoms with Crippen molar-refractivity contribution in [2.24, 2.45) is 0 Å². The first-order valence-electron chi connectivity index (χ1n) is 13.0. The molecule has 2 heterocycles. The summed E-state index contributed by atoms with van der Waals surface area (Å²) in [5, 5.41) is 11.2. The highest BCUT2D eigenvalue weighted by Gasteiger charge is 2.31. The van der Waals surface area contributed by atoms with Gasteiger partial charge in [0.15, 0.2) is 0 Å². The number of benzene rings is 3. The van der Waals surface area contributed by atoms with Crippen molar-refractivity contribution in [3.05, 3.63) is 96.8 Å². The number of sulfonamides is 1. The molecular formula is C30H34N4O3S. The van der Waals surface area contributed by atoms with Gasteiger partial charge in [0.2, 0.25) is 10.0 Å². The Morgan fingerprint density at radius 3 is 2.50 bits per heavy atom. The van der Waals surface area contributed by atoms with E-state index in [-0.39, 0.29) is 11.8 Å². The average Bonchev–Trinajstić information content (AvgIpc) is 3.19. The van der Waals surface area contributed by atoms with Crippen molar-refractivity contribution in [3.8, 4) is 5.75 Å². The molecule has 0 bridgehead atoms. The average molecular weight is 531 g/mol. The van der Waals surface area contributed by atoms with E-state index in [0.29, 0.717) is 23.2 Å². The van der Waals surface area contributed by atoms with Gasteiger partial charge in [0.05, 0.1) is 4.90 Å². The molecule has 4 aromatic rings. The van der Waals surface area contributed by atoms with Crippen molar-refractivity contribution < 1.29 is 13.5 Å². The van der Waals surface area contributed by atoms with Gasteiger partial charge in [0.1, 0.15) is 5.75 Å². The highest BCUT2D eigenvalue weighted by Crippen LogP contribution is 2.27. The fourth-order valence-corrected chi connectivity index (χ4v) is 6.79. The number of nitrogens with zero attached hydrogens (tertiary/aromatic N) is 4. The fraction of sp³-hybridized carbons (Fsp3) is 0.300. The zero-order valence-electron chi connectivity index (χ0n) is 21.6. The van der Waals surface area contributed by atoms with E-state index in [9.17, 15) is 13.5 Å². The summed E-state index contributed by atoms with van der Waals surface area (Å²) in [6.07, 6.45) is 4.87. The van der Waals surface area contributed by atoms with Crippen molar-refractivity contribution in [2.75, 3.05) is 44.7 Å². The van der Waals surface area contributed by atoms with Crippen molar-refractivity contribution in [2.45, 2.75) is 23.8 Å². The van der Waals surface area contributed by atoms with Gasteiger partial charge in [-0.15, -0.1) is 0 Å². The minimum absolute atomic E-state index is 0.198. The second-order valence-corrected chi connectivity index (χ2v) is 11.8. The van der Waals surface area contributed by atoms with Crippen LogP contribution in [0.5, 0.6) is 5.75 Å². The normalized spacial score (nSPS) is 16.0. The lowest BCUT2D eigenvalue weighted by Gasteiger charge is -2.33. The molecule has 198 valence electrons. The number of rotatable bonds is 8. The van der Waals surface area contributed by atoms with Crippen LogP contribution in [-0.4, -0.2) is 73.5 Å². The van der Waals surface area contributed by atoms with E-state index in [4.69, 9.17) is 0 Å². The minimum atomic E-state index is -3.79. The number of aromatic nitrogens is 1. The standard InChI is InChI=1S/C30H34N4O3S/c1-32(38(36,37)30-10-5-7-25-22-31-16-15-29(25)30)27(21-24-11-13-28(35)14-12-24)23-33-17-6-18-34(20-19-33)26-8-3-2-4-9-26/h2-5,7-16,22,27,35H,6,17-21,23H2,1H3. The van der Waals surface area contributed by atoms with Crippen LogP contribution >= 0.6 is 0 Å². The maximum absolute atomic E-state index is 14.0. The molecule has 1 unspecified atom stereocenters. The minimum Gasteiger partial charge on any atom is -0.508 e. The zero-order chi connectivity index (χ0) is 26.5. The van der Waals surface area contributed by atoms with Crippen molar-refractivity contribution >= 4 is 26.5 Å². The third-order valence-corrected chi connectivity index (χ3v) is 9.37. The van der Waals surface area contributed by atoms with E-state index in [1.807, 2.05) is 24.3 Å². The number of anilines is 1. The number of hydrogen-bond donors (Lipinski definition) is 1. The maximum atomic E-state index is 14.0. The SMILES string of the molecule is CN(C(Cc1ccc(O)cc1)CN1CCCN(c2ccccc2)CC1)S(=O)(=O)c1cccc2cnccc12. The fourth-order valence-electron chi connectivity index (χ4n) is 5.23. The van der Waals surface area contributed by atoms with Crippen molar-refractivity contribution in [1.82, 2.24) is 14.2 Å². The Kier molecular flexibility index (Phi) is 7.93. The molecule has 1 N–H and O–H groups in total. The van der Waals surface area contributed by atoms with E-state index in [1.165, 1.54) is 9.99 Å². The van der Waals surface area contributed by atoms with E-state index in [1.54, 1.807) is 49.8 Å². The van der Waals surface area contributed by atoms with Crippen LogP contribution in [0.15, 0.2) is 96.2 Å². The maximum Gasteiger partial charge on any atom is 0.243 e. The van der Waals surface area contributed by atoms with Gasteiger partial charge in [-0.25, -0.2) is 8.42 Å². The van der Waals surface area contributed by atoms with Gasteiger partial charge in [0.25, 0.3) is 0 Å². The Hall–Kier alpha value is -3.46. The smallest absolute Gasteiger partial charge is 0.243 e. The number of likely N-dealkylation sites (N-methyl/N-ethyl adjacent to an activating group) is 1. The Labute approximate surface area is 225 Å². The Morgan fingerprint density at radius 1 is 0.921 bits per heavy atom. The van der Waals surface area contributed by atoms with Crippen LogP contribution in [0.2, 0.25) is 0 Å². The molecule has 0 aliphatic carbocycles. The van der Waals surface area contributed by atoms with E-state index in [2.05, 4.69) is 39.0 Å². The first-order valence-corrected chi connectivity index (χ1v) is 14.5. The van der Waals surface area contributed by atoms with Crippen LogP contribution in [0.3, 0.4) is 0 Å². The lowest BCUT2D eigenvalue weighted by molar-refractivity contribution is 0.220. The summed E-state index contributed by atoms with van der Waals surface area (Å²) in [6.45, 7) is 4.24. The first kappa shape index (κ1) is 26.2. The second kappa shape index (κ2) is 11.5. The molecule has 1 aliphatic rings. The number of phenolic OH excluding ortho intramolecular Hbond substituents is 1. The lowest BCUT2D eigenvalue weighted by atomic mass is 10.1. The van der Waals surface area contributed by atoms with Crippen LogP contribution in [0, 0.1) is 0 Å². The molecule has 1 aromatic heterocycles. The first-order chi connectivity index (χ1) is 18.4. The Balaban J connectivity index is 1.41. The third-order valence-electron chi connectivity index (χ3n) is 7.40. The molecule has 0 saturated carbocycles. The van der Waals surface area contributed by atoms with Gasteiger partial charge in [-0.05, 0) is 61.3 Å². The molecule has 3 aromatic carbocycles. The molecule has 8 heteroatoms. The molecule has 0 amide bonds. The quantitative estimate of drug-likeness (QED) is 0.364. The summed E-state index contributed by atoms with van der Waals surface area (Å²) in [4.78, 5) is 9.23. The molecule has 0 radical (unpaired) electrons. The summed E-state index contributed by atoms with van der Waals surface area (Å²) >= 11 is 0. The number of fused-ring (bicyclic) bond motifs is 1. The summed E-state index contributed by atoms with van der Waals surface area (Å²) in [5.74, 6) is 0.198. The number of para-hydroxylation sites is 1. The van der Waals surface area contributed by atoms with Crippen LogP contribution in [-0.2, 0) is 16.4 Å². The molecule has 1 atom stereocenters. The van der Waals surface area contributed by atoms with Gasteiger partial charge in [-0.3, -0.25) is 9.88 Å². The molecule has 1 aliphatic heterocycles. The topological polar surface area (TPSA) is 77.0 Å². The largest absolute Gasteiger partial charge is 0.508 e.